The highest BCUT2D eigenvalue weighted by atomic mass is 16.4. The van der Waals surface area contributed by atoms with Crippen molar-refractivity contribution in [2.45, 2.75) is 40.0 Å². The number of hydrogen-bond donors (Lipinski definition) is 1. The SMILES string of the molecule is CCCC[C@@H](C)/C=C(C)/C=C/C(=O)O. The van der Waals surface area contributed by atoms with Gasteiger partial charge in [0.05, 0.1) is 0 Å². The number of unbranched alkanes of at least 4 members (excludes halogenated alkanes) is 1. The Bertz CT molecular complexity index is 226. The lowest BCUT2D eigenvalue weighted by atomic mass is 10.0. The van der Waals surface area contributed by atoms with E-state index < -0.39 is 5.97 Å². The molecule has 0 aliphatic heterocycles. The standard InChI is InChI=1S/C12H20O2/c1-4-5-6-10(2)9-11(3)7-8-12(13)14/h7-10H,4-6H2,1-3H3,(H,13,14)/b8-7+,11-9+/t10-/m1/s1. The van der Waals surface area contributed by atoms with Crippen LogP contribution in [0.2, 0.25) is 0 Å². The first kappa shape index (κ1) is 12.9. The molecule has 0 unspecified atom stereocenters. The average molecular weight is 196 g/mol. The van der Waals surface area contributed by atoms with Crippen LogP contribution in [-0.2, 0) is 4.79 Å². The van der Waals surface area contributed by atoms with E-state index in [1.807, 2.05) is 6.92 Å². The quantitative estimate of drug-likeness (QED) is 0.522. The van der Waals surface area contributed by atoms with Crippen LogP contribution in [0.3, 0.4) is 0 Å². The third-order valence-electron chi connectivity index (χ3n) is 2.05. The molecule has 0 fully saturated rings. The van der Waals surface area contributed by atoms with Gasteiger partial charge in [0.2, 0.25) is 0 Å². The van der Waals surface area contributed by atoms with Gasteiger partial charge in [-0.2, -0.15) is 0 Å². The van der Waals surface area contributed by atoms with E-state index in [-0.39, 0.29) is 0 Å². The molecule has 0 amide bonds. The number of rotatable bonds is 6. The summed E-state index contributed by atoms with van der Waals surface area (Å²) in [5, 5.41) is 8.42. The van der Waals surface area contributed by atoms with Crippen molar-refractivity contribution in [3.63, 3.8) is 0 Å². The monoisotopic (exact) mass is 196 g/mol. The van der Waals surface area contributed by atoms with Crippen LogP contribution < -0.4 is 0 Å². The lowest BCUT2D eigenvalue weighted by molar-refractivity contribution is -0.131. The molecule has 80 valence electrons. The summed E-state index contributed by atoms with van der Waals surface area (Å²) in [6, 6.07) is 0. The molecule has 0 radical (unpaired) electrons. The highest BCUT2D eigenvalue weighted by molar-refractivity contribution is 5.80. The fourth-order valence-corrected chi connectivity index (χ4v) is 1.32. The van der Waals surface area contributed by atoms with E-state index in [9.17, 15) is 4.79 Å². The summed E-state index contributed by atoms with van der Waals surface area (Å²) < 4.78 is 0. The van der Waals surface area contributed by atoms with E-state index in [1.54, 1.807) is 6.08 Å². The van der Waals surface area contributed by atoms with Crippen molar-refractivity contribution in [1.82, 2.24) is 0 Å². The zero-order valence-electron chi connectivity index (χ0n) is 9.29. The highest BCUT2D eigenvalue weighted by Crippen LogP contribution is 2.11. The zero-order chi connectivity index (χ0) is 11.0. The van der Waals surface area contributed by atoms with Gasteiger partial charge in [-0.15, -0.1) is 0 Å². The summed E-state index contributed by atoms with van der Waals surface area (Å²) in [4.78, 5) is 10.2. The summed E-state index contributed by atoms with van der Waals surface area (Å²) in [5.41, 5.74) is 1.02. The maximum Gasteiger partial charge on any atom is 0.328 e. The molecule has 0 bridgehead atoms. The molecule has 1 N–H and O–H groups in total. The van der Waals surface area contributed by atoms with Crippen molar-refractivity contribution in [3.8, 4) is 0 Å². The van der Waals surface area contributed by atoms with Gasteiger partial charge < -0.3 is 5.11 Å². The van der Waals surface area contributed by atoms with E-state index in [2.05, 4.69) is 19.9 Å². The lowest BCUT2D eigenvalue weighted by Crippen LogP contribution is -1.91. The molecular formula is C12H20O2. The molecule has 0 aromatic heterocycles. The molecular weight excluding hydrogens is 176 g/mol. The summed E-state index contributed by atoms with van der Waals surface area (Å²) in [6.07, 6.45) is 8.56. The minimum absolute atomic E-state index is 0.536. The second kappa shape index (κ2) is 7.36. The molecule has 0 aliphatic carbocycles. The summed E-state index contributed by atoms with van der Waals surface area (Å²) in [5.74, 6) is -0.354. The largest absolute Gasteiger partial charge is 0.478 e. The highest BCUT2D eigenvalue weighted by Gasteiger charge is 1.97. The molecule has 14 heavy (non-hydrogen) atoms. The molecule has 0 aliphatic rings. The molecule has 2 nitrogen and oxygen atoms in total. The van der Waals surface area contributed by atoms with Crippen molar-refractivity contribution in [2.75, 3.05) is 0 Å². The third-order valence-corrected chi connectivity index (χ3v) is 2.05. The fraction of sp³-hybridized carbons (Fsp3) is 0.583. The van der Waals surface area contributed by atoms with Gasteiger partial charge in [-0.05, 0) is 19.3 Å². The van der Waals surface area contributed by atoms with Crippen LogP contribution in [0.4, 0.5) is 0 Å². The van der Waals surface area contributed by atoms with Crippen LogP contribution in [0, 0.1) is 5.92 Å². The molecule has 0 spiro atoms. The second-order valence-corrected chi connectivity index (χ2v) is 3.70. The molecule has 0 aromatic rings. The van der Waals surface area contributed by atoms with E-state index >= 15 is 0 Å². The van der Waals surface area contributed by atoms with Gasteiger partial charge in [-0.3, -0.25) is 0 Å². The molecule has 0 aromatic carbocycles. The molecule has 0 heterocycles. The maximum atomic E-state index is 10.2. The van der Waals surface area contributed by atoms with Crippen LogP contribution >= 0.6 is 0 Å². The summed E-state index contributed by atoms with van der Waals surface area (Å²) in [7, 11) is 0. The minimum atomic E-state index is -0.890. The van der Waals surface area contributed by atoms with E-state index in [0.29, 0.717) is 5.92 Å². The van der Waals surface area contributed by atoms with Crippen LogP contribution in [0.5, 0.6) is 0 Å². The number of allylic oxidation sites excluding steroid dienone is 3. The van der Waals surface area contributed by atoms with Gasteiger partial charge in [0.25, 0.3) is 0 Å². The van der Waals surface area contributed by atoms with E-state index in [0.717, 1.165) is 5.57 Å². The van der Waals surface area contributed by atoms with Crippen LogP contribution in [0.25, 0.3) is 0 Å². The van der Waals surface area contributed by atoms with Crippen molar-refractivity contribution < 1.29 is 9.90 Å². The van der Waals surface area contributed by atoms with Crippen molar-refractivity contribution in [2.24, 2.45) is 5.92 Å². The Labute approximate surface area is 86.3 Å². The Kier molecular flexibility index (Phi) is 6.81. The zero-order valence-corrected chi connectivity index (χ0v) is 9.29. The van der Waals surface area contributed by atoms with Gasteiger partial charge in [0.15, 0.2) is 0 Å². The fourth-order valence-electron chi connectivity index (χ4n) is 1.32. The van der Waals surface area contributed by atoms with Crippen LogP contribution in [0.15, 0.2) is 23.8 Å². The molecule has 1 atom stereocenters. The molecule has 0 saturated carbocycles. The number of carboxylic acid groups (broad SMARTS) is 1. The number of carboxylic acids is 1. The van der Waals surface area contributed by atoms with Gasteiger partial charge in [0, 0.05) is 6.08 Å². The molecule has 0 rings (SSSR count). The summed E-state index contributed by atoms with van der Waals surface area (Å²) >= 11 is 0. The van der Waals surface area contributed by atoms with E-state index in [1.165, 1.54) is 25.3 Å². The van der Waals surface area contributed by atoms with Crippen LogP contribution in [0.1, 0.15) is 40.0 Å². The predicted molar refractivity (Wildman–Crippen MR) is 59.2 cm³/mol. The summed E-state index contributed by atoms with van der Waals surface area (Å²) in [6.45, 7) is 6.27. The van der Waals surface area contributed by atoms with Crippen LogP contribution in [-0.4, -0.2) is 11.1 Å². The maximum absolute atomic E-state index is 10.2. The Hall–Kier alpha value is -1.05. The van der Waals surface area contributed by atoms with Crippen molar-refractivity contribution in [1.29, 1.82) is 0 Å². The Morgan fingerprint density at radius 2 is 2.07 bits per heavy atom. The Morgan fingerprint density at radius 3 is 2.57 bits per heavy atom. The molecule has 2 heteroatoms. The topological polar surface area (TPSA) is 37.3 Å². The van der Waals surface area contributed by atoms with Gasteiger partial charge in [0.1, 0.15) is 0 Å². The van der Waals surface area contributed by atoms with E-state index in [4.69, 9.17) is 5.11 Å². The van der Waals surface area contributed by atoms with Gasteiger partial charge >= 0.3 is 5.97 Å². The average Bonchev–Trinajstić information content (AvgIpc) is 2.11. The number of hydrogen-bond acceptors (Lipinski definition) is 1. The van der Waals surface area contributed by atoms with Gasteiger partial charge in [-0.1, -0.05) is 44.4 Å². The predicted octanol–water partition coefficient (Wildman–Crippen LogP) is 3.40. The first-order chi connectivity index (χ1) is 6.56. The second-order valence-electron chi connectivity index (χ2n) is 3.70. The normalized spacial score (nSPS) is 14.6. The number of aliphatic carboxylic acids is 1. The molecule has 0 saturated heterocycles. The Balaban J connectivity index is 4.01. The van der Waals surface area contributed by atoms with Crippen molar-refractivity contribution >= 4 is 5.97 Å². The van der Waals surface area contributed by atoms with Gasteiger partial charge in [-0.25, -0.2) is 4.79 Å². The van der Waals surface area contributed by atoms with Crippen molar-refractivity contribution in [3.05, 3.63) is 23.8 Å². The third kappa shape index (κ3) is 7.59. The smallest absolute Gasteiger partial charge is 0.328 e. The number of carbonyl (C=O) groups is 1. The first-order valence-electron chi connectivity index (χ1n) is 5.15. The minimum Gasteiger partial charge on any atom is -0.478 e. The lowest BCUT2D eigenvalue weighted by Gasteiger charge is -2.05. The first-order valence-corrected chi connectivity index (χ1v) is 5.15. The Morgan fingerprint density at radius 1 is 1.43 bits per heavy atom.